The van der Waals surface area contributed by atoms with Crippen molar-refractivity contribution in [2.24, 2.45) is 0 Å². The molecule has 120 valence electrons. The van der Waals surface area contributed by atoms with E-state index in [0.29, 0.717) is 6.04 Å². The first-order valence-electron chi connectivity index (χ1n) is 7.78. The minimum absolute atomic E-state index is 0.138. The molecule has 2 aromatic rings. The molecule has 3 rings (SSSR count). The predicted molar refractivity (Wildman–Crippen MR) is 88.5 cm³/mol. The van der Waals surface area contributed by atoms with E-state index in [1.165, 1.54) is 5.56 Å². The quantitative estimate of drug-likeness (QED) is 0.620. The van der Waals surface area contributed by atoms with E-state index in [1.807, 2.05) is 24.3 Å². The Bertz CT molecular complexity index is 685. The number of ether oxygens (including phenoxy) is 1. The summed E-state index contributed by atoms with van der Waals surface area (Å²) in [4.78, 5) is 12.8. The summed E-state index contributed by atoms with van der Waals surface area (Å²) in [7, 11) is 1.68. The number of nitro groups is 1. The van der Waals surface area contributed by atoms with Gasteiger partial charge in [0, 0.05) is 24.7 Å². The van der Waals surface area contributed by atoms with Crippen molar-refractivity contribution in [2.75, 3.05) is 13.7 Å². The summed E-state index contributed by atoms with van der Waals surface area (Å²) in [6, 6.07) is 15.4. The van der Waals surface area contributed by atoms with E-state index in [4.69, 9.17) is 4.74 Å². The summed E-state index contributed by atoms with van der Waals surface area (Å²) in [5.41, 5.74) is 2.51. The van der Waals surface area contributed by atoms with E-state index < -0.39 is 0 Å². The van der Waals surface area contributed by atoms with Crippen LogP contribution in [-0.2, 0) is 6.54 Å². The van der Waals surface area contributed by atoms with Crippen LogP contribution in [0.1, 0.15) is 30.0 Å². The highest BCUT2D eigenvalue weighted by molar-refractivity contribution is 5.34. The van der Waals surface area contributed by atoms with Gasteiger partial charge in [-0.05, 0) is 42.6 Å². The van der Waals surface area contributed by atoms with Gasteiger partial charge >= 0.3 is 0 Å². The molecule has 0 bridgehead atoms. The van der Waals surface area contributed by atoms with Gasteiger partial charge in [-0.1, -0.05) is 24.3 Å². The molecule has 5 nitrogen and oxygen atoms in total. The van der Waals surface area contributed by atoms with Crippen LogP contribution in [0.4, 0.5) is 5.69 Å². The van der Waals surface area contributed by atoms with Gasteiger partial charge in [0.25, 0.3) is 5.69 Å². The van der Waals surface area contributed by atoms with E-state index in [2.05, 4.69) is 17.0 Å². The van der Waals surface area contributed by atoms with Crippen LogP contribution < -0.4 is 4.74 Å². The molecule has 1 heterocycles. The van der Waals surface area contributed by atoms with Gasteiger partial charge in [-0.15, -0.1) is 0 Å². The predicted octanol–water partition coefficient (Wildman–Crippen LogP) is 3.94. The Morgan fingerprint density at radius 1 is 1.26 bits per heavy atom. The number of nitrogens with zero attached hydrogens (tertiary/aromatic N) is 2. The van der Waals surface area contributed by atoms with Crippen LogP contribution in [0.25, 0.3) is 0 Å². The number of likely N-dealkylation sites (tertiary alicyclic amines) is 1. The van der Waals surface area contributed by atoms with Crippen LogP contribution in [0.5, 0.6) is 5.75 Å². The van der Waals surface area contributed by atoms with E-state index in [0.717, 1.165) is 37.2 Å². The molecule has 0 aliphatic carbocycles. The molecule has 0 saturated carbocycles. The number of rotatable bonds is 5. The lowest BCUT2D eigenvalue weighted by Gasteiger charge is -2.25. The molecule has 2 aromatic carbocycles. The van der Waals surface area contributed by atoms with E-state index in [9.17, 15) is 10.1 Å². The molecule has 5 heteroatoms. The number of benzene rings is 2. The number of non-ortho nitro benzene ring substituents is 1. The molecule has 1 aliphatic heterocycles. The van der Waals surface area contributed by atoms with Gasteiger partial charge in [0.1, 0.15) is 5.75 Å². The van der Waals surface area contributed by atoms with Crippen molar-refractivity contribution in [1.29, 1.82) is 0 Å². The average Bonchev–Trinajstić information content (AvgIpc) is 3.03. The summed E-state index contributed by atoms with van der Waals surface area (Å²) in [6.07, 6.45) is 2.29. The smallest absolute Gasteiger partial charge is 0.269 e. The number of hydrogen-bond donors (Lipinski definition) is 0. The fraction of sp³-hybridized carbons (Fsp3) is 0.333. The molecule has 23 heavy (non-hydrogen) atoms. The number of nitro benzene ring substituents is 1. The molecule has 1 aliphatic rings. The first-order valence-corrected chi connectivity index (χ1v) is 7.78. The maximum atomic E-state index is 10.7. The molecule has 1 fully saturated rings. The van der Waals surface area contributed by atoms with Crippen LogP contribution in [0, 0.1) is 10.1 Å². The molecule has 0 radical (unpaired) electrons. The number of methoxy groups -OCH3 is 1. The second-order valence-electron chi connectivity index (χ2n) is 5.83. The summed E-state index contributed by atoms with van der Waals surface area (Å²) in [5, 5.41) is 10.7. The summed E-state index contributed by atoms with van der Waals surface area (Å²) >= 11 is 0. The van der Waals surface area contributed by atoms with Crippen LogP contribution >= 0.6 is 0 Å². The topological polar surface area (TPSA) is 55.6 Å². The third-order valence-corrected chi connectivity index (χ3v) is 4.38. The Labute approximate surface area is 135 Å². The lowest BCUT2D eigenvalue weighted by molar-refractivity contribution is -0.384. The minimum atomic E-state index is -0.362. The van der Waals surface area contributed by atoms with Gasteiger partial charge in [-0.25, -0.2) is 0 Å². The maximum Gasteiger partial charge on any atom is 0.269 e. The lowest BCUT2D eigenvalue weighted by Crippen LogP contribution is -2.22. The Morgan fingerprint density at radius 2 is 2.04 bits per heavy atom. The molecule has 1 saturated heterocycles. The van der Waals surface area contributed by atoms with Gasteiger partial charge in [0.2, 0.25) is 0 Å². The van der Waals surface area contributed by atoms with Crippen LogP contribution in [-0.4, -0.2) is 23.5 Å². The summed E-state index contributed by atoms with van der Waals surface area (Å²) in [5.74, 6) is 0.879. The van der Waals surface area contributed by atoms with Gasteiger partial charge in [-0.3, -0.25) is 15.0 Å². The van der Waals surface area contributed by atoms with Crippen molar-refractivity contribution in [3.63, 3.8) is 0 Å². The standard InChI is InChI=1S/C18H20N2O3/c1-23-17-5-2-4-15(12-17)18-6-3-11-19(18)13-14-7-9-16(10-8-14)20(21)22/h2,4-5,7-10,12,18H,3,6,11,13H2,1H3/t18-/m0/s1. The van der Waals surface area contributed by atoms with Crippen molar-refractivity contribution >= 4 is 5.69 Å². The molecule has 0 unspecified atom stereocenters. The largest absolute Gasteiger partial charge is 0.497 e. The van der Waals surface area contributed by atoms with Gasteiger partial charge in [0.05, 0.1) is 12.0 Å². The highest BCUT2D eigenvalue weighted by atomic mass is 16.6. The second-order valence-corrected chi connectivity index (χ2v) is 5.83. The normalized spacial score (nSPS) is 18.0. The summed E-state index contributed by atoms with van der Waals surface area (Å²) < 4.78 is 5.32. The zero-order chi connectivity index (χ0) is 16.2. The zero-order valence-electron chi connectivity index (χ0n) is 13.1. The van der Waals surface area contributed by atoms with Gasteiger partial charge in [0.15, 0.2) is 0 Å². The molecular weight excluding hydrogens is 292 g/mol. The van der Waals surface area contributed by atoms with Crippen molar-refractivity contribution in [3.8, 4) is 5.75 Å². The first kappa shape index (κ1) is 15.5. The van der Waals surface area contributed by atoms with E-state index in [1.54, 1.807) is 19.2 Å². The minimum Gasteiger partial charge on any atom is -0.497 e. The third kappa shape index (κ3) is 3.51. The Morgan fingerprint density at radius 3 is 2.74 bits per heavy atom. The first-order chi connectivity index (χ1) is 11.2. The fourth-order valence-corrected chi connectivity index (χ4v) is 3.20. The number of hydrogen-bond acceptors (Lipinski definition) is 4. The SMILES string of the molecule is COc1cccc([C@@H]2CCCN2Cc2ccc([N+](=O)[O-])cc2)c1. The summed E-state index contributed by atoms with van der Waals surface area (Å²) in [6.45, 7) is 1.85. The molecule has 0 aromatic heterocycles. The lowest BCUT2D eigenvalue weighted by atomic mass is 10.0. The van der Waals surface area contributed by atoms with E-state index in [-0.39, 0.29) is 10.6 Å². The van der Waals surface area contributed by atoms with Gasteiger partial charge in [-0.2, -0.15) is 0 Å². The Balaban J connectivity index is 1.74. The molecular formula is C18H20N2O3. The van der Waals surface area contributed by atoms with E-state index >= 15 is 0 Å². The molecule has 1 atom stereocenters. The Hall–Kier alpha value is -2.40. The van der Waals surface area contributed by atoms with Crippen LogP contribution in [0.2, 0.25) is 0 Å². The van der Waals surface area contributed by atoms with Crippen molar-refractivity contribution < 1.29 is 9.66 Å². The average molecular weight is 312 g/mol. The van der Waals surface area contributed by atoms with Crippen molar-refractivity contribution in [1.82, 2.24) is 4.90 Å². The molecule has 0 amide bonds. The van der Waals surface area contributed by atoms with Crippen LogP contribution in [0.15, 0.2) is 48.5 Å². The Kier molecular flexibility index (Phi) is 4.57. The van der Waals surface area contributed by atoms with Gasteiger partial charge < -0.3 is 4.74 Å². The van der Waals surface area contributed by atoms with Crippen molar-refractivity contribution in [3.05, 3.63) is 69.8 Å². The molecule has 0 spiro atoms. The highest BCUT2D eigenvalue weighted by Crippen LogP contribution is 2.34. The zero-order valence-corrected chi connectivity index (χ0v) is 13.1. The monoisotopic (exact) mass is 312 g/mol. The fourth-order valence-electron chi connectivity index (χ4n) is 3.20. The highest BCUT2D eigenvalue weighted by Gasteiger charge is 2.26. The third-order valence-electron chi connectivity index (χ3n) is 4.38. The van der Waals surface area contributed by atoms with Crippen LogP contribution in [0.3, 0.4) is 0 Å². The second kappa shape index (κ2) is 6.79. The maximum absolute atomic E-state index is 10.7. The van der Waals surface area contributed by atoms with Crippen molar-refractivity contribution in [2.45, 2.75) is 25.4 Å². The molecule has 0 N–H and O–H groups in total.